The number of esters is 2. The summed E-state index contributed by atoms with van der Waals surface area (Å²) in [5.74, 6) is -1.99. The Kier molecular flexibility index (Phi) is 67.1. The smallest absolute Gasteiger partial charge is 0.361 e. The molecule has 2 unspecified atom stereocenters. The molecule has 9 nitrogen and oxygen atoms in total. The van der Waals surface area contributed by atoms with Gasteiger partial charge >= 0.3 is 17.9 Å². The average molecular weight is 1250 g/mol. The molecule has 89 heavy (non-hydrogen) atoms. The molecule has 2 atom stereocenters. The van der Waals surface area contributed by atoms with Crippen LogP contribution in [-0.2, 0) is 33.3 Å². The van der Waals surface area contributed by atoms with Crippen LogP contribution < -0.4 is 0 Å². The van der Waals surface area contributed by atoms with E-state index in [2.05, 4.69) is 111 Å². The molecular weight excluding hydrogens is 1100 g/mol. The van der Waals surface area contributed by atoms with Crippen molar-refractivity contribution in [3.8, 4) is 0 Å². The second kappa shape index (κ2) is 70.1. The zero-order chi connectivity index (χ0) is 64.7. The lowest BCUT2D eigenvalue weighted by atomic mass is 10.0. The first-order chi connectivity index (χ1) is 43.6. The Morgan fingerprint density at radius 2 is 0.640 bits per heavy atom. The monoisotopic (exact) mass is 1250 g/mol. The number of ether oxygens (including phenoxy) is 4. The molecule has 0 aromatic rings. The van der Waals surface area contributed by atoms with E-state index in [0.717, 1.165) is 83.5 Å². The quantitative estimate of drug-likeness (QED) is 0.0211. The Labute approximate surface area is 550 Å². The highest BCUT2D eigenvalue weighted by atomic mass is 16.7. The number of carboxylic acids is 1. The molecule has 0 aromatic carbocycles. The molecule has 0 saturated carbocycles. The van der Waals surface area contributed by atoms with Crippen molar-refractivity contribution in [1.29, 1.82) is 0 Å². The fraction of sp³-hybridized carbons (Fsp3) is 0.762. The summed E-state index contributed by atoms with van der Waals surface area (Å²) in [6, 6.07) is 0. The van der Waals surface area contributed by atoms with E-state index < -0.39 is 24.3 Å². The van der Waals surface area contributed by atoms with E-state index in [1.807, 2.05) is 21.1 Å². The summed E-state index contributed by atoms with van der Waals surface area (Å²) in [5, 5.41) is 9.76. The van der Waals surface area contributed by atoms with E-state index >= 15 is 0 Å². The fourth-order valence-corrected chi connectivity index (χ4v) is 10.6. The SMILES string of the molecule is CC/C=C\C/C=C\C/C=C\C/C=C\C/C=C\CCCCCCCCCCCCCCCCCCCC(=O)OC(COC(=O)CCCCCCCCCCCCCCCCCC/C=C\C/C=C\C/C=C\CCCCCCC)COC(OCC[N+](C)(C)C)C(=O)O. The van der Waals surface area contributed by atoms with Gasteiger partial charge in [0.2, 0.25) is 0 Å². The molecule has 0 aliphatic carbocycles. The highest BCUT2D eigenvalue weighted by molar-refractivity contribution is 5.71. The van der Waals surface area contributed by atoms with Gasteiger partial charge in [0.15, 0.2) is 6.10 Å². The van der Waals surface area contributed by atoms with Gasteiger partial charge in [0, 0.05) is 12.8 Å². The maximum Gasteiger partial charge on any atom is 0.361 e. The number of likely N-dealkylation sites (N-methyl/N-ethyl adjacent to an activating group) is 1. The van der Waals surface area contributed by atoms with Gasteiger partial charge in [0.05, 0.1) is 34.4 Å². The fourth-order valence-electron chi connectivity index (χ4n) is 10.6. The summed E-state index contributed by atoms with van der Waals surface area (Å²) in [5.41, 5.74) is 0. The summed E-state index contributed by atoms with van der Waals surface area (Å²) >= 11 is 0. The topological polar surface area (TPSA) is 108 Å². The predicted molar refractivity (Wildman–Crippen MR) is 382 cm³/mol. The molecule has 0 aliphatic rings. The standard InChI is InChI=1S/C80H141NO8/c1-6-8-10-12-14-16-18-20-22-24-26-28-30-32-34-36-38-39-41-43-45-47-49-51-53-55-57-59-61-63-65-67-69-71-78(83)89-76(75-88-80(79(84)85)86-73-72-81(3,4)5)74-87-77(82)70-68-66-64-62-60-58-56-54-52-50-48-46-44-42-40-37-35-33-31-29-27-25-23-21-19-17-15-13-11-9-7-2/h8,10,14,16,19-22,25-28,31-34,76,80H,6-7,9,11-13,15,17-18,23-24,29-30,35-75H2,1-5H3/p+1/b10-8-,16-14-,21-19-,22-20-,27-25-,28-26-,33-31-,34-32-. The van der Waals surface area contributed by atoms with Crippen LogP contribution in [0.4, 0.5) is 0 Å². The second-order valence-electron chi connectivity index (χ2n) is 26.2. The van der Waals surface area contributed by atoms with Gasteiger partial charge in [-0.05, 0) is 96.3 Å². The molecule has 0 amide bonds. The minimum absolute atomic E-state index is 0.182. The number of aliphatic carboxylic acids is 1. The van der Waals surface area contributed by atoms with E-state index in [1.54, 1.807) is 0 Å². The minimum atomic E-state index is -1.51. The molecule has 0 saturated heterocycles. The molecule has 0 aromatic heterocycles. The third kappa shape index (κ3) is 71.5. The zero-order valence-corrected chi connectivity index (χ0v) is 58.8. The summed E-state index contributed by atoms with van der Waals surface area (Å²) in [7, 11) is 5.99. The number of allylic oxidation sites excluding steroid dienone is 16. The maximum absolute atomic E-state index is 13.0. The molecule has 0 aliphatic heterocycles. The van der Waals surface area contributed by atoms with Gasteiger partial charge in [-0.25, -0.2) is 4.79 Å². The molecule has 0 bridgehead atoms. The number of hydrogen-bond acceptors (Lipinski definition) is 7. The lowest BCUT2D eigenvalue weighted by molar-refractivity contribution is -0.870. The molecule has 9 heteroatoms. The van der Waals surface area contributed by atoms with Crippen molar-refractivity contribution in [2.75, 3.05) is 47.5 Å². The molecule has 0 radical (unpaired) electrons. The van der Waals surface area contributed by atoms with Crippen molar-refractivity contribution < 1.29 is 42.9 Å². The van der Waals surface area contributed by atoms with Crippen LogP contribution in [0.5, 0.6) is 0 Å². The number of carbonyl (C=O) groups excluding carboxylic acids is 2. The van der Waals surface area contributed by atoms with Gasteiger partial charge in [0.1, 0.15) is 13.2 Å². The molecular formula is C80H142NO8+. The van der Waals surface area contributed by atoms with Crippen molar-refractivity contribution in [1.82, 2.24) is 0 Å². The number of nitrogens with zero attached hydrogens (tertiary/aromatic N) is 1. The van der Waals surface area contributed by atoms with Crippen molar-refractivity contribution in [3.05, 3.63) is 97.2 Å². The number of carbonyl (C=O) groups is 3. The molecule has 514 valence electrons. The Hall–Kier alpha value is -3.79. The Morgan fingerprint density at radius 1 is 0.348 bits per heavy atom. The third-order valence-electron chi connectivity index (χ3n) is 16.3. The highest BCUT2D eigenvalue weighted by Crippen LogP contribution is 2.18. The first kappa shape index (κ1) is 85.2. The van der Waals surface area contributed by atoms with Crippen LogP contribution >= 0.6 is 0 Å². The van der Waals surface area contributed by atoms with E-state index in [4.69, 9.17) is 18.9 Å². The number of unbranched alkanes of at least 4 members (excludes halogenated alkanes) is 38. The third-order valence-corrected chi connectivity index (χ3v) is 16.3. The van der Waals surface area contributed by atoms with E-state index in [9.17, 15) is 19.5 Å². The van der Waals surface area contributed by atoms with Crippen LogP contribution in [0.2, 0.25) is 0 Å². The summed E-state index contributed by atoms with van der Waals surface area (Å²) in [4.78, 5) is 37.7. The van der Waals surface area contributed by atoms with Crippen molar-refractivity contribution in [3.63, 3.8) is 0 Å². The first-order valence-corrected chi connectivity index (χ1v) is 37.4. The van der Waals surface area contributed by atoms with Crippen LogP contribution in [0.15, 0.2) is 97.2 Å². The Bertz CT molecular complexity index is 1790. The van der Waals surface area contributed by atoms with Crippen LogP contribution in [-0.4, -0.2) is 87.4 Å². The largest absolute Gasteiger partial charge is 0.477 e. The number of hydrogen-bond donors (Lipinski definition) is 1. The minimum Gasteiger partial charge on any atom is -0.477 e. The number of rotatable bonds is 69. The predicted octanol–water partition coefficient (Wildman–Crippen LogP) is 23.6. The molecule has 0 fully saturated rings. The van der Waals surface area contributed by atoms with Crippen molar-refractivity contribution >= 4 is 17.9 Å². The van der Waals surface area contributed by atoms with E-state index in [1.165, 1.54) is 225 Å². The lowest BCUT2D eigenvalue weighted by Crippen LogP contribution is -2.40. The molecule has 1 N–H and O–H groups in total. The van der Waals surface area contributed by atoms with Gasteiger partial charge in [0.25, 0.3) is 6.29 Å². The van der Waals surface area contributed by atoms with Gasteiger partial charge in [-0.15, -0.1) is 0 Å². The lowest BCUT2D eigenvalue weighted by Gasteiger charge is -2.25. The molecule has 0 spiro atoms. The second-order valence-corrected chi connectivity index (χ2v) is 26.2. The summed E-state index contributed by atoms with van der Waals surface area (Å²) in [6.45, 7) is 4.79. The van der Waals surface area contributed by atoms with Crippen LogP contribution in [0, 0.1) is 0 Å². The first-order valence-electron chi connectivity index (χ1n) is 37.4. The Balaban J connectivity index is 4.06. The normalized spacial score (nSPS) is 13.2. The number of quaternary nitrogens is 1. The van der Waals surface area contributed by atoms with E-state index in [-0.39, 0.29) is 32.2 Å². The highest BCUT2D eigenvalue weighted by Gasteiger charge is 2.25. The van der Waals surface area contributed by atoms with E-state index in [0.29, 0.717) is 17.4 Å². The Morgan fingerprint density at radius 3 is 0.955 bits per heavy atom. The van der Waals surface area contributed by atoms with Crippen LogP contribution in [0.1, 0.15) is 335 Å². The number of carboxylic acid groups (broad SMARTS) is 1. The van der Waals surface area contributed by atoms with Crippen LogP contribution in [0.25, 0.3) is 0 Å². The molecule has 0 heterocycles. The van der Waals surface area contributed by atoms with Gasteiger partial charge in [-0.2, -0.15) is 0 Å². The average Bonchev–Trinajstić information content (AvgIpc) is 3.64. The maximum atomic E-state index is 13.0. The summed E-state index contributed by atoms with van der Waals surface area (Å²) in [6.07, 6.45) is 93.9. The van der Waals surface area contributed by atoms with Crippen molar-refractivity contribution in [2.45, 2.75) is 347 Å². The molecule has 0 rings (SSSR count). The van der Waals surface area contributed by atoms with Crippen LogP contribution in [0.3, 0.4) is 0 Å². The van der Waals surface area contributed by atoms with Gasteiger partial charge in [-0.1, -0.05) is 323 Å². The zero-order valence-electron chi connectivity index (χ0n) is 58.8. The van der Waals surface area contributed by atoms with Gasteiger partial charge < -0.3 is 28.5 Å². The van der Waals surface area contributed by atoms with Crippen molar-refractivity contribution in [2.24, 2.45) is 0 Å². The summed E-state index contributed by atoms with van der Waals surface area (Å²) < 4.78 is 23.0. The van der Waals surface area contributed by atoms with Gasteiger partial charge in [-0.3, -0.25) is 9.59 Å².